The van der Waals surface area contributed by atoms with Gasteiger partial charge in [0.25, 0.3) is 5.91 Å². The minimum Gasteiger partial charge on any atom is -0.384 e. The largest absolute Gasteiger partial charge is 0.384 e. The molecule has 0 unspecified atom stereocenters. The topological polar surface area (TPSA) is 62.2 Å². The van der Waals surface area contributed by atoms with Crippen molar-refractivity contribution in [1.29, 1.82) is 0 Å². The molecule has 5 heteroatoms. The van der Waals surface area contributed by atoms with Crippen LogP contribution in [0.15, 0.2) is 42.7 Å². The van der Waals surface area contributed by atoms with Gasteiger partial charge in [-0.2, -0.15) is 0 Å². The van der Waals surface area contributed by atoms with Crippen LogP contribution in [0.1, 0.15) is 15.9 Å². The first-order chi connectivity index (χ1) is 9.72. The molecule has 0 spiro atoms. The number of amides is 1. The Kier molecular flexibility index (Phi) is 4.43. The van der Waals surface area contributed by atoms with Crippen molar-refractivity contribution in [3.05, 3.63) is 59.7 Å². The summed E-state index contributed by atoms with van der Waals surface area (Å²) in [7, 11) is 0. The summed E-state index contributed by atoms with van der Waals surface area (Å²) in [5.74, 6) is 4.07. The molecule has 1 aromatic heterocycles. The van der Waals surface area contributed by atoms with E-state index in [1.807, 2.05) is 0 Å². The molecule has 0 aliphatic rings. The highest BCUT2D eigenvalue weighted by Gasteiger charge is 2.12. The lowest BCUT2D eigenvalue weighted by Crippen LogP contribution is -2.14. The molecule has 1 amide bonds. The summed E-state index contributed by atoms with van der Waals surface area (Å²) in [5, 5.41) is 11.2. The van der Waals surface area contributed by atoms with Crippen molar-refractivity contribution >= 4 is 11.6 Å². The molecule has 2 aromatic rings. The van der Waals surface area contributed by atoms with Gasteiger partial charge in [-0.15, -0.1) is 0 Å². The lowest BCUT2D eigenvalue weighted by atomic mass is 10.1. The van der Waals surface area contributed by atoms with Gasteiger partial charge in [0.15, 0.2) is 0 Å². The zero-order chi connectivity index (χ0) is 14.4. The molecule has 0 aliphatic heterocycles. The SMILES string of the molecule is O=C(Nc1ccccc1F)c1ccncc1C#CCO. The maximum Gasteiger partial charge on any atom is 0.257 e. The van der Waals surface area contributed by atoms with E-state index in [1.54, 1.807) is 6.07 Å². The number of aromatic nitrogens is 1. The number of anilines is 1. The van der Waals surface area contributed by atoms with Crippen LogP contribution >= 0.6 is 0 Å². The van der Waals surface area contributed by atoms with Crippen molar-refractivity contribution < 1.29 is 14.3 Å². The van der Waals surface area contributed by atoms with Crippen molar-refractivity contribution in [1.82, 2.24) is 4.98 Å². The highest BCUT2D eigenvalue weighted by molar-refractivity contribution is 6.05. The monoisotopic (exact) mass is 270 g/mol. The van der Waals surface area contributed by atoms with E-state index in [0.29, 0.717) is 5.56 Å². The molecule has 0 atom stereocenters. The Labute approximate surface area is 115 Å². The zero-order valence-corrected chi connectivity index (χ0v) is 10.4. The first-order valence-electron chi connectivity index (χ1n) is 5.82. The fourth-order valence-corrected chi connectivity index (χ4v) is 1.58. The van der Waals surface area contributed by atoms with Crippen molar-refractivity contribution in [2.45, 2.75) is 0 Å². The lowest BCUT2D eigenvalue weighted by Gasteiger charge is -2.07. The molecule has 0 fully saturated rings. The van der Waals surface area contributed by atoms with Gasteiger partial charge >= 0.3 is 0 Å². The number of benzene rings is 1. The Morgan fingerprint density at radius 3 is 2.90 bits per heavy atom. The van der Waals surface area contributed by atoms with E-state index in [-0.39, 0.29) is 17.9 Å². The van der Waals surface area contributed by atoms with Crippen LogP contribution in [-0.2, 0) is 0 Å². The lowest BCUT2D eigenvalue weighted by molar-refractivity contribution is 0.102. The highest BCUT2D eigenvalue weighted by Crippen LogP contribution is 2.15. The van der Waals surface area contributed by atoms with Crippen LogP contribution in [0.4, 0.5) is 10.1 Å². The molecule has 2 rings (SSSR count). The fourth-order valence-electron chi connectivity index (χ4n) is 1.58. The second-order valence-corrected chi connectivity index (χ2v) is 3.82. The molecule has 0 aliphatic carbocycles. The first kappa shape index (κ1) is 13.7. The number of hydrogen-bond acceptors (Lipinski definition) is 3. The summed E-state index contributed by atoms with van der Waals surface area (Å²) in [4.78, 5) is 16.0. The van der Waals surface area contributed by atoms with Crippen LogP contribution in [0.5, 0.6) is 0 Å². The minimum atomic E-state index is -0.516. The minimum absolute atomic E-state index is 0.0929. The summed E-state index contributed by atoms with van der Waals surface area (Å²) in [6.45, 7) is -0.316. The second-order valence-electron chi connectivity index (χ2n) is 3.82. The zero-order valence-electron chi connectivity index (χ0n) is 10.4. The number of para-hydroxylation sites is 1. The van der Waals surface area contributed by atoms with E-state index < -0.39 is 11.7 Å². The number of aliphatic hydroxyl groups excluding tert-OH is 1. The van der Waals surface area contributed by atoms with Gasteiger partial charge in [0, 0.05) is 12.4 Å². The predicted octanol–water partition coefficient (Wildman–Crippen LogP) is 1.82. The number of aliphatic hydroxyl groups is 1. The van der Waals surface area contributed by atoms with Crippen molar-refractivity contribution in [3.8, 4) is 11.8 Å². The third-order valence-electron chi connectivity index (χ3n) is 2.49. The maximum absolute atomic E-state index is 13.5. The highest BCUT2D eigenvalue weighted by atomic mass is 19.1. The predicted molar refractivity (Wildman–Crippen MR) is 72.6 cm³/mol. The average Bonchev–Trinajstić information content (AvgIpc) is 2.47. The summed E-state index contributed by atoms with van der Waals surface area (Å²) in [6, 6.07) is 7.37. The molecule has 1 heterocycles. The number of halogens is 1. The van der Waals surface area contributed by atoms with E-state index in [4.69, 9.17) is 5.11 Å². The molecule has 0 radical (unpaired) electrons. The van der Waals surface area contributed by atoms with E-state index in [0.717, 1.165) is 0 Å². The van der Waals surface area contributed by atoms with Gasteiger partial charge in [-0.1, -0.05) is 24.0 Å². The van der Waals surface area contributed by atoms with Gasteiger partial charge in [-0.05, 0) is 18.2 Å². The Balaban J connectivity index is 2.28. The standard InChI is InChI=1S/C15H11FN2O2/c16-13-5-1-2-6-14(13)18-15(20)12-7-8-17-10-11(12)4-3-9-19/h1-2,5-8,10,19H,9H2,(H,18,20). The maximum atomic E-state index is 13.5. The quantitative estimate of drug-likeness (QED) is 0.818. The summed E-state index contributed by atoms with van der Waals surface area (Å²) < 4.78 is 13.5. The number of pyridine rings is 1. The first-order valence-corrected chi connectivity index (χ1v) is 5.82. The van der Waals surface area contributed by atoms with Gasteiger partial charge < -0.3 is 10.4 Å². The van der Waals surface area contributed by atoms with Crippen LogP contribution in [0.3, 0.4) is 0 Å². The Hall–Kier alpha value is -2.71. The molecule has 4 nitrogen and oxygen atoms in total. The third kappa shape index (κ3) is 3.19. The van der Waals surface area contributed by atoms with Crippen molar-refractivity contribution in [2.75, 3.05) is 11.9 Å². The molecule has 0 saturated carbocycles. The van der Waals surface area contributed by atoms with E-state index in [2.05, 4.69) is 22.1 Å². The summed E-state index contributed by atoms with van der Waals surface area (Å²) in [6.07, 6.45) is 2.86. The van der Waals surface area contributed by atoms with Crippen LogP contribution in [0.2, 0.25) is 0 Å². The smallest absolute Gasteiger partial charge is 0.257 e. The van der Waals surface area contributed by atoms with Gasteiger partial charge in [-0.25, -0.2) is 4.39 Å². The molecule has 100 valence electrons. The number of carbonyl (C=O) groups excluding carboxylic acids is 1. The Morgan fingerprint density at radius 2 is 2.15 bits per heavy atom. The second kappa shape index (κ2) is 6.45. The number of nitrogens with one attached hydrogen (secondary N) is 1. The van der Waals surface area contributed by atoms with Crippen LogP contribution < -0.4 is 5.32 Å². The molecule has 2 N–H and O–H groups in total. The van der Waals surface area contributed by atoms with Crippen LogP contribution in [0, 0.1) is 17.7 Å². The van der Waals surface area contributed by atoms with Gasteiger partial charge in [0.2, 0.25) is 0 Å². The van der Waals surface area contributed by atoms with Crippen LogP contribution in [0.25, 0.3) is 0 Å². The molecule has 20 heavy (non-hydrogen) atoms. The average molecular weight is 270 g/mol. The van der Waals surface area contributed by atoms with E-state index in [9.17, 15) is 9.18 Å². The van der Waals surface area contributed by atoms with E-state index in [1.165, 1.54) is 36.7 Å². The third-order valence-corrected chi connectivity index (χ3v) is 2.49. The fraction of sp³-hybridized carbons (Fsp3) is 0.0667. The number of hydrogen-bond donors (Lipinski definition) is 2. The van der Waals surface area contributed by atoms with Gasteiger partial charge in [-0.3, -0.25) is 9.78 Å². The number of rotatable bonds is 2. The molecular weight excluding hydrogens is 259 g/mol. The van der Waals surface area contributed by atoms with Gasteiger partial charge in [0.05, 0.1) is 16.8 Å². The van der Waals surface area contributed by atoms with Crippen molar-refractivity contribution in [3.63, 3.8) is 0 Å². The molecular formula is C15H11FN2O2. The van der Waals surface area contributed by atoms with Gasteiger partial charge in [0.1, 0.15) is 12.4 Å². The molecule has 1 aromatic carbocycles. The molecule has 0 saturated heterocycles. The number of nitrogens with zero attached hydrogens (tertiary/aromatic N) is 1. The Bertz CT molecular complexity index is 690. The molecule has 0 bridgehead atoms. The Morgan fingerprint density at radius 1 is 1.35 bits per heavy atom. The van der Waals surface area contributed by atoms with E-state index >= 15 is 0 Å². The van der Waals surface area contributed by atoms with Crippen LogP contribution in [-0.4, -0.2) is 22.6 Å². The summed E-state index contributed by atoms with van der Waals surface area (Å²) in [5.41, 5.74) is 0.731. The summed E-state index contributed by atoms with van der Waals surface area (Å²) >= 11 is 0. The normalized spacial score (nSPS) is 9.50. The van der Waals surface area contributed by atoms with Crippen molar-refractivity contribution in [2.24, 2.45) is 0 Å². The number of carbonyl (C=O) groups is 1.